The number of hydrogen-bond acceptors (Lipinski definition) is 1. The predicted octanol–water partition coefficient (Wildman–Crippen LogP) is 3.33. The molecule has 0 aliphatic heterocycles. The summed E-state index contributed by atoms with van der Waals surface area (Å²) in [4.78, 5) is 5.56. The van der Waals surface area contributed by atoms with Gasteiger partial charge in [-0.1, -0.05) is 12.5 Å². The first kappa shape index (κ1) is 11.7. The molecule has 0 unspecified atom stereocenters. The van der Waals surface area contributed by atoms with Crippen LogP contribution in [0.15, 0.2) is 24.4 Å². The van der Waals surface area contributed by atoms with Gasteiger partial charge in [0.05, 0.1) is 0 Å². The van der Waals surface area contributed by atoms with E-state index in [0.717, 1.165) is 35.5 Å². The van der Waals surface area contributed by atoms with E-state index >= 15 is 0 Å². The maximum Gasteiger partial charge on any atom is 0.132 e. The van der Waals surface area contributed by atoms with Crippen molar-refractivity contribution in [3.8, 4) is 0 Å². The van der Waals surface area contributed by atoms with Gasteiger partial charge in [0.1, 0.15) is 5.82 Å². The molecule has 1 aliphatic carbocycles. The lowest BCUT2D eigenvalue weighted by Gasteiger charge is -2.34. The van der Waals surface area contributed by atoms with E-state index in [2.05, 4.69) is 16.9 Å². The molecule has 1 saturated carbocycles. The number of H-pyrrole nitrogens is 1. The summed E-state index contributed by atoms with van der Waals surface area (Å²) >= 11 is 0. The maximum absolute atomic E-state index is 13.8. The van der Waals surface area contributed by atoms with Crippen LogP contribution in [-0.2, 0) is 6.42 Å². The molecule has 18 heavy (non-hydrogen) atoms. The summed E-state index contributed by atoms with van der Waals surface area (Å²) in [7, 11) is 2.18. The van der Waals surface area contributed by atoms with Gasteiger partial charge in [-0.3, -0.25) is 0 Å². The normalized spacial score (nSPS) is 16.4. The smallest absolute Gasteiger partial charge is 0.132 e. The minimum atomic E-state index is -0.116. The molecule has 1 fully saturated rings. The summed E-state index contributed by atoms with van der Waals surface area (Å²) < 4.78 is 13.8. The second-order valence-electron chi connectivity index (χ2n) is 5.29. The van der Waals surface area contributed by atoms with Crippen molar-refractivity contribution >= 4 is 10.9 Å². The molecule has 1 aromatic heterocycles. The number of fused-ring (bicyclic) bond motifs is 1. The molecule has 0 saturated heterocycles. The molecule has 96 valence electrons. The number of rotatable bonds is 4. The Morgan fingerprint density at radius 3 is 2.94 bits per heavy atom. The zero-order valence-electron chi connectivity index (χ0n) is 10.7. The maximum atomic E-state index is 13.8. The van der Waals surface area contributed by atoms with E-state index in [9.17, 15) is 4.39 Å². The van der Waals surface area contributed by atoms with Crippen molar-refractivity contribution in [2.24, 2.45) is 0 Å². The molecule has 0 amide bonds. The Bertz CT molecular complexity index is 542. The van der Waals surface area contributed by atoms with Gasteiger partial charge in [0.25, 0.3) is 0 Å². The Morgan fingerprint density at radius 1 is 1.39 bits per heavy atom. The third-order valence-corrected chi connectivity index (χ3v) is 4.17. The molecule has 3 rings (SSSR count). The van der Waals surface area contributed by atoms with Gasteiger partial charge in [-0.2, -0.15) is 0 Å². The third-order valence-electron chi connectivity index (χ3n) is 4.17. The van der Waals surface area contributed by atoms with Crippen molar-refractivity contribution in [3.05, 3.63) is 35.8 Å². The lowest BCUT2D eigenvalue weighted by Crippen LogP contribution is -2.38. The molecular formula is C15H19FN2. The second-order valence-corrected chi connectivity index (χ2v) is 5.29. The molecule has 0 bridgehead atoms. The van der Waals surface area contributed by atoms with Gasteiger partial charge in [-0.25, -0.2) is 4.39 Å². The van der Waals surface area contributed by atoms with Crippen LogP contribution < -0.4 is 0 Å². The first-order valence-corrected chi connectivity index (χ1v) is 6.70. The summed E-state index contributed by atoms with van der Waals surface area (Å²) in [5.41, 5.74) is 1.99. The number of aromatic nitrogens is 1. The van der Waals surface area contributed by atoms with Crippen LogP contribution in [0.2, 0.25) is 0 Å². The molecular weight excluding hydrogens is 227 g/mol. The van der Waals surface area contributed by atoms with Crippen LogP contribution in [-0.4, -0.2) is 29.5 Å². The largest absolute Gasteiger partial charge is 0.361 e. The minimum absolute atomic E-state index is 0.116. The average molecular weight is 246 g/mol. The van der Waals surface area contributed by atoms with Crippen LogP contribution in [0.25, 0.3) is 10.9 Å². The third kappa shape index (κ3) is 2.03. The number of hydrogen-bond donors (Lipinski definition) is 1. The fourth-order valence-corrected chi connectivity index (χ4v) is 2.71. The quantitative estimate of drug-likeness (QED) is 0.876. The number of halogens is 1. The summed E-state index contributed by atoms with van der Waals surface area (Å²) in [6, 6.07) is 5.96. The van der Waals surface area contributed by atoms with Crippen LogP contribution in [0, 0.1) is 5.82 Å². The molecule has 3 heteroatoms. The molecule has 1 aromatic carbocycles. The highest BCUT2D eigenvalue weighted by Gasteiger charge is 2.21. The second kappa shape index (κ2) is 4.73. The van der Waals surface area contributed by atoms with E-state index < -0.39 is 0 Å². The van der Waals surface area contributed by atoms with E-state index in [-0.39, 0.29) is 5.82 Å². The Morgan fingerprint density at radius 2 is 2.22 bits per heavy atom. The van der Waals surface area contributed by atoms with Crippen molar-refractivity contribution in [2.45, 2.75) is 31.7 Å². The van der Waals surface area contributed by atoms with Crippen molar-refractivity contribution < 1.29 is 4.39 Å². The average Bonchev–Trinajstić information content (AvgIpc) is 2.69. The van der Waals surface area contributed by atoms with Gasteiger partial charge in [0, 0.05) is 29.7 Å². The Balaban J connectivity index is 1.74. The van der Waals surface area contributed by atoms with Gasteiger partial charge in [0.15, 0.2) is 0 Å². The Labute approximate surface area is 107 Å². The molecule has 1 heterocycles. The summed E-state index contributed by atoms with van der Waals surface area (Å²) in [5, 5.41) is 0.763. The summed E-state index contributed by atoms with van der Waals surface area (Å²) in [6.07, 6.45) is 6.85. The first-order valence-electron chi connectivity index (χ1n) is 6.70. The standard InChI is InChI=1S/C15H19FN2/c1-18(12-4-2-5-12)9-8-11-10-17-14-7-3-6-13(16)15(11)14/h3,6-7,10,12,17H,2,4-5,8-9H2,1H3. The SMILES string of the molecule is CN(CCc1c[nH]c2cccc(F)c12)C1CCC1. The predicted molar refractivity (Wildman–Crippen MR) is 72.2 cm³/mol. The van der Waals surface area contributed by atoms with Crippen molar-refractivity contribution in [1.29, 1.82) is 0 Å². The minimum Gasteiger partial charge on any atom is -0.361 e. The van der Waals surface area contributed by atoms with E-state index in [1.807, 2.05) is 12.3 Å². The van der Waals surface area contributed by atoms with Crippen LogP contribution in [0.1, 0.15) is 24.8 Å². The van der Waals surface area contributed by atoms with Crippen LogP contribution in [0.4, 0.5) is 4.39 Å². The van der Waals surface area contributed by atoms with Crippen molar-refractivity contribution in [2.75, 3.05) is 13.6 Å². The van der Waals surface area contributed by atoms with E-state index in [1.165, 1.54) is 25.3 Å². The highest BCUT2D eigenvalue weighted by Crippen LogP contribution is 2.25. The zero-order chi connectivity index (χ0) is 12.5. The van der Waals surface area contributed by atoms with Gasteiger partial charge < -0.3 is 9.88 Å². The number of likely N-dealkylation sites (N-methyl/N-ethyl adjacent to an activating group) is 1. The number of nitrogens with zero attached hydrogens (tertiary/aromatic N) is 1. The van der Waals surface area contributed by atoms with Gasteiger partial charge in [0.2, 0.25) is 0 Å². The van der Waals surface area contributed by atoms with Crippen LogP contribution in [0.5, 0.6) is 0 Å². The van der Waals surface area contributed by atoms with E-state index in [1.54, 1.807) is 6.07 Å². The topological polar surface area (TPSA) is 19.0 Å². The van der Waals surface area contributed by atoms with E-state index in [0.29, 0.717) is 0 Å². The van der Waals surface area contributed by atoms with Crippen molar-refractivity contribution in [3.63, 3.8) is 0 Å². The van der Waals surface area contributed by atoms with Gasteiger partial charge in [-0.15, -0.1) is 0 Å². The summed E-state index contributed by atoms with van der Waals surface area (Å²) in [6.45, 7) is 1.01. The molecule has 0 radical (unpaired) electrons. The highest BCUT2D eigenvalue weighted by molar-refractivity contribution is 5.83. The molecule has 1 N–H and O–H groups in total. The molecule has 0 spiro atoms. The van der Waals surface area contributed by atoms with Crippen LogP contribution >= 0.6 is 0 Å². The highest BCUT2D eigenvalue weighted by atomic mass is 19.1. The Kier molecular flexibility index (Phi) is 3.08. The molecule has 2 aromatic rings. The molecule has 0 atom stereocenters. The lowest BCUT2D eigenvalue weighted by molar-refractivity contribution is 0.161. The van der Waals surface area contributed by atoms with E-state index in [4.69, 9.17) is 0 Å². The molecule has 2 nitrogen and oxygen atoms in total. The Hall–Kier alpha value is -1.35. The summed E-state index contributed by atoms with van der Waals surface area (Å²) in [5.74, 6) is -0.116. The van der Waals surface area contributed by atoms with Crippen molar-refractivity contribution in [1.82, 2.24) is 9.88 Å². The fourth-order valence-electron chi connectivity index (χ4n) is 2.71. The zero-order valence-corrected chi connectivity index (χ0v) is 10.7. The van der Waals surface area contributed by atoms with Crippen LogP contribution in [0.3, 0.4) is 0 Å². The monoisotopic (exact) mass is 246 g/mol. The van der Waals surface area contributed by atoms with Gasteiger partial charge >= 0.3 is 0 Å². The number of benzene rings is 1. The fraction of sp³-hybridized carbons (Fsp3) is 0.467. The van der Waals surface area contributed by atoms with Gasteiger partial charge in [-0.05, 0) is 44.0 Å². The number of aromatic amines is 1. The first-order chi connectivity index (χ1) is 8.75. The molecule has 1 aliphatic rings. The number of nitrogens with one attached hydrogen (secondary N) is 1. The lowest BCUT2D eigenvalue weighted by atomic mass is 9.91.